The third-order valence-electron chi connectivity index (χ3n) is 7.63. The molecule has 4 heteroatoms. The van der Waals surface area contributed by atoms with Crippen LogP contribution in [0.3, 0.4) is 0 Å². The lowest BCUT2D eigenvalue weighted by Crippen LogP contribution is -2.34. The Hall–Kier alpha value is -0.740. The normalized spacial score (nSPS) is 11.7. The molecule has 4 nitrogen and oxygen atoms in total. The molecule has 37 heavy (non-hydrogen) atoms. The number of carbonyl (C=O) groups excluding carboxylic acids is 2. The first-order valence-electron chi connectivity index (χ1n) is 16.3. The Morgan fingerprint density at radius 1 is 0.432 bits per heavy atom. The van der Waals surface area contributed by atoms with Gasteiger partial charge in [0.2, 0.25) is 0 Å². The van der Waals surface area contributed by atoms with Gasteiger partial charge in [0.25, 0.3) is 0 Å². The molecule has 0 spiro atoms. The molecule has 0 amide bonds. The highest BCUT2D eigenvalue weighted by atomic mass is 16.5. The Kier molecular flexibility index (Phi) is 29.2. The van der Waals surface area contributed by atoms with Crippen molar-refractivity contribution in [3.63, 3.8) is 0 Å². The molecule has 0 radical (unpaired) electrons. The molecule has 220 valence electrons. The standard InChI is InChI=1S/C33H64O4/c1-3-5-7-9-11-13-15-17-19-21-23-29-36-31-33(25-27-34,26-28-35)32-37-30-24-22-20-18-16-14-12-10-8-6-4-2/h27-28H,3-26,29-32H2,1-2H3. The van der Waals surface area contributed by atoms with Crippen molar-refractivity contribution >= 4 is 12.6 Å². The molecule has 0 heterocycles. The van der Waals surface area contributed by atoms with E-state index in [0.717, 1.165) is 25.4 Å². The van der Waals surface area contributed by atoms with Gasteiger partial charge in [-0.15, -0.1) is 0 Å². The fraction of sp³-hybridized carbons (Fsp3) is 0.939. The van der Waals surface area contributed by atoms with Crippen LogP contribution in [0.25, 0.3) is 0 Å². The van der Waals surface area contributed by atoms with Crippen LogP contribution in [0.2, 0.25) is 0 Å². The van der Waals surface area contributed by atoms with E-state index in [1.165, 1.54) is 128 Å². The topological polar surface area (TPSA) is 52.6 Å². The van der Waals surface area contributed by atoms with Crippen molar-refractivity contribution < 1.29 is 19.1 Å². The van der Waals surface area contributed by atoms with E-state index in [9.17, 15) is 9.59 Å². The Bertz CT molecular complexity index is 423. The summed E-state index contributed by atoms with van der Waals surface area (Å²) in [6.45, 7) is 6.80. The molecule has 0 aromatic carbocycles. The zero-order valence-electron chi connectivity index (χ0n) is 25.1. The van der Waals surface area contributed by atoms with Crippen LogP contribution in [0.15, 0.2) is 0 Å². The molecule has 0 saturated heterocycles. The average molecular weight is 525 g/mol. The van der Waals surface area contributed by atoms with Crippen molar-refractivity contribution in [1.82, 2.24) is 0 Å². The van der Waals surface area contributed by atoms with Gasteiger partial charge in [-0.05, 0) is 12.8 Å². The van der Waals surface area contributed by atoms with Gasteiger partial charge in [0.1, 0.15) is 12.6 Å². The van der Waals surface area contributed by atoms with Crippen molar-refractivity contribution in [2.24, 2.45) is 5.41 Å². The maximum Gasteiger partial charge on any atom is 0.120 e. The Morgan fingerprint density at radius 2 is 0.703 bits per heavy atom. The van der Waals surface area contributed by atoms with E-state index < -0.39 is 5.41 Å². The first-order valence-corrected chi connectivity index (χ1v) is 16.3. The molecule has 0 bridgehead atoms. The van der Waals surface area contributed by atoms with Crippen LogP contribution in [-0.4, -0.2) is 39.0 Å². The first-order chi connectivity index (χ1) is 18.2. The second kappa shape index (κ2) is 29.8. The molecular weight excluding hydrogens is 460 g/mol. The van der Waals surface area contributed by atoms with Gasteiger partial charge in [0, 0.05) is 31.5 Å². The van der Waals surface area contributed by atoms with Gasteiger partial charge in [-0.2, -0.15) is 0 Å². The minimum atomic E-state index is -0.501. The quantitative estimate of drug-likeness (QED) is 0.0649. The molecule has 0 fully saturated rings. The minimum Gasteiger partial charge on any atom is -0.381 e. The summed E-state index contributed by atoms with van der Waals surface area (Å²) in [6, 6.07) is 0. The molecule has 0 N–H and O–H groups in total. The van der Waals surface area contributed by atoms with Crippen molar-refractivity contribution in [1.29, 1.82) is 0 Å². The van der Waals surface area contributed by atoms with E-state index >= 15 is 0 Å². The van der Waals surface area contributed by atoms with Gasteiger partial charge in [0.15, 0.2) is 0 Å². The lowest BCUT2D eigenvalue weighted by Gasteiger charge is -2.30. The predicted molar refractivity (Wildman–Crippen MR) is 158 cm³/mol. The van der Waals surface area contributed by atoms with Crippen LogP contribution in [0.1, 0.15) is 168 Å². The van der Waals surface area contributed by atoms with E-state index in [1.54, 1.807) is 0 Å². The summed E-state index contributed by atoms with van der Waals surface area (Å²) in [6.07, 6.45) is 31.4. The highest BCUT2D eigenvalue weighted by Crippen LogP contribution is 2.26. The summed E-state index contributed by atoms with van der Waals surface area (Å²) >= 11 is 0. The lowest BCUT2D eigenvalue weighted by molar-refractivity contribution is -0.118. The second-order valence-corrected chi connectivity index (χ2v) is 11.4. The average Bonchev–Trinajstić information content (AvgIpc) is 2.90. The van der Waals surface area contributed by atoms with Crippen molar-refractivity contribution in [2.45, 2.75) is 168 Å². The fourth-order valence-corrected chi connectivity index (χ4v) is 5.03. The van der Waals surface area contributed by atoms with Crippen LogP contribution in [0.4, 0.5) is 0 Å². The third-order valence-corrected chi connectivity index (χ3v) is 7.63. The van der Waals surface area contributed by atoms with Crippen LogP contribution in [0.5, 0.6) is 0 Å². The Labute approximate surface area is 231 Å². The van der Waals surface area contributed by atoms with Gasteiger partial charge in [-0.3, -0.25) is 0 Å². The highest BCUT2D eigenvalue weighted by molar-refractivity contribution is 5.56. The summed E-state index contributed by atoms with van der Waals surface area (Å²) in [5.41, 5.74) is -0.501. The lowest BCUT2D eigenvalue weighted by atomic mass is 9.83. The number of rotatable bonds is 32. The third kappa shape index (κ3) is 25.3. The van der Waals surface area contributed by atoms with E-state index in [4.69, 9.17) is 9.47 Å². The summed E-state index contributed by atoms with van der Waals surface area (Å²) in [5.74, 6) is 0. The van der Waals surface area contributed by atoms with Gasteiger partial charge in [0.05, 0.1) is 13.2 Å². The fourth-order valence-electron chi connectivity index (χ4n) is 5.03. The van der Waals surface area contributed by atoms with E-state index in [1.807, 2.05) is 0 Å². The molecular formula is C33H64O4. The van der Waals surface area contributed by atoms with Crippen molar-refractivity contribution in [3.8, 4) is 0 Å². The van der Waals surface area contributed by atoms with Gasteiger partial charge < -0.3 is 19.1 Å². The van der Waals surface area contributed by atoms with Crippen molar-refractivity contribution in [3.05, 3.63) is 0 Å². The molecule has 0 aliphatic heterocycles. The number of hydrogen-bond acceptors (Lipinski definition) is 4. The number of carbonyl (C=O) groups is 2. The smallest absolute Gasteiger partial charge is 0.120 e. The van der Waals surface area contributed by atoms with Crippen molar-refractivity contribution in [2.75, 3.05) is 26.4 Å². The van der Waals surface area contributed by atoms with Gasteiger partial charge in [-0.1, -0.05) is 142 Å². The van der Waals surface area contributed by atoms with Gasteiger partial charge >= 0.3 is 0 Å². The summed E-state index contributed by atoms with van der Waals surface area (Å²) in [7, 11) is 0. The molecule has 0 saturated carbocycles. The largest absolute Gasteiger partial charge is 0.381 e. The molecule has 0 aliphatic carbocycles. The number of unbranched alkanes of at least 4 members (excludes halogenated alkanes) is 20. The monoisotopic (exact) mass is 524 g/mol. The summed E-state index contributed by atoms with van der Waals surface area (Å²) in [5, 5.41) is 0. The maximum absolute atomic E-state index is 11.3. The van der Waals surface area contributed by atoms with E-state index in [2.05, 4.69) is 13.8 Å². The Morgan fingerprint density at radius 3 is 0.973 bits per heavy atom. The van der Waals surface area contributed by atoms with Crippen LogP contribution >= 0.6 is 0 Å². The summed E-state index contributed by atoms with van der Waals surface area (Å²) < 4.78 is 11.9. The maximum atomic E-state index is 11.3. The number of hydrogen-bond donors (Lipinski definition) is 0. The van der Waals surface area contributed by atoms with Crippen LogP contribution in [-0.2, 0) is 19.1 Å². The first kappa shape index (κ1) is 36.3. The second-order valence-electron chi connectivity index (χ2n) is 11.4. The minimum absolute atomic E-state index is 0.322. The molecule has 0 unspecified atom stereocenters. The Balaban J connectivity index is 3.82. The number of ether oxygens (including phenoxy) is 2. The zero-order valence-corrected chi connectivity index (χ0v) is 25.1. The molecule has 0 atom stereocenters. The van der Waals surface area contributed by atoms with E-state index in [-0.39, 0.29) is 0 Å². The molecule has 0 aromatic heterocycles. The highest BCUT2D eigenvalue weighted by Gasteiger charge is 2.30. The summed E-state index contributed by atoms with van der Waals surface area (Å²) in [4.78, 5) is 22.7. The van der Waals surface area contributed by atoms with Crippen LogP contribution in [0, 0.1) is 5.41 Å². The molecule has 0 aromatic rings. The SMILES string of the molecule is CCCCCCCCCCCCCOCC(CC=O)(CC=O)COCCCCCCCCCCCCC. The van der Waals surface area contributed by atoms with Crippen LogP contribution < -0.4 is 0 Å². The van der Waals surface area contributed by atoms with Gasteiger partial charge in [-0.25, -0.2) is 0 Å². The number of aldehydes is 2. The van der Waals surface area contributed by atoms with E-state index in [0.29, 0.717) is 39.3 Å². The molecule has 0 aliphatic rings. The predicted octanol–water partition coefficient (Wildman–Crippen LogP) is 9.81. The molecule has 0 rings (SSSR count). The zero-order chi connectivity index (χ0) is 27.1.